The minimum absolute atomic E-state index is 0.180. The molecule has 1 amide bonds. The molecule has 1 aromatic carbocycles. The molecule has 0 radical (unpaired) electrons. The quantitative estimate of drug-likeness (QED) is 0.309. The summed E-state index contributed by atoms with van der Waals surface area (Å²) < 4.78 is 2.23. The summed E-state index contributed by atoms with van der Waals surface area (Å²) >= 11 is 0. The first-order chi connectivity index (χ1) is 19.2. The number of benzene rings is 1. The molecule has 1 unspecified atom stereocenters. The fourth-order valence-corrected chi connectivity index (χ4v) is 6.55. The van der Waals surface area contributed by atoms with Gasteiger partial charge in [-0.2, -0.15) is 0 Å². The zero-order chi connectivity index (χ0) is 26.6. The Balaban J connectivity index is 1.40. The summed E-state index contributed by atoms with van der Waals surface area (Å²) in [4.78, 5) is 28.0. The highest BCUT2D eigenvalue weighted by molar-refractivity contribution is 6.09. The highest BCUT2D eigenvalue weighted by Crippen LogP contribution is 2.36. The van der Waals surface area contributed by atoms with Crippen LogP contribution in [0, 0.1) is 0 Å². The maximum Gasteiger partial charge on any atom is 0.242 e. The maximum atomic E-state index is 13.5. The van der Waals surface area contributed by atoms with Gasteiger partial charge >= 0.3 is 0 Å². The van der Waals surface area contributed by atoms with E-state index in [0.717, 1.165) is 75.3 Å². The Labute approximate surface area is 231 Å². The molecule has 6 rings (SSSR count). The smallest absolute Gasteiger partial charge is 0.242 e. The summed E-state index contributed by atoms with van der Waals surface area (Å²) in [5.41, 5.74) is 5.88. The Morgan fingerprint density at radius 3 is 2.77 bits per heavy atom. The van der Waals surface area contributed by atoms with E-state index in [1.165, 1.54) is 41.3 Å². The SMILES string of the molecule is CCCCCN(Cc1nccc2c3ccccc3n(CC(=O)N3CCNCC3)c12)C1CCCc2cccnc21. The molecule has 1 saturated heterocycles. The van der Waals surface area contributed by atoms with Crippen molar-refractivity contribution in [1.82, 2.24) is 29.7 Å². The summed E-state index contributed by atoms with van der Waals surface area (Å²) in [6, 6.07) is 15.2. The third kappa shape index (κ3) is 5.30. The summed E-state index contributed by atoms with van der Waals surface area (Å²) in [6.45, 7) is 7.61. The first kappa shape index (κ1) is 26.0. The number of rotatable bonds is 9. The molecule has 1 N–H and O–H groups in total. The fourth-order valence-electron chi connectivity index (χ4n) is 6.55. The van der Waals surface area contributed by atoms with Crippen molar-refractivity contribution in [2.45, 2.75) is 64.6 Å². The first-order valence-electron chi connectivity index (χ1n) is 14.8. The van der Waals surface area contributed by atoms with Gasteiger partial charge in [-0.15, -0.1) is 0 Å². The maximum absolute atomic E-state index is 13.5. The predicted molar refractivity (Wildman–Crippen MR) is 157 cm³/mol. The highest BCUT2D eigenvalue weighted by atomic mass is 16.2. The Morgan fingerprint density at radius 2 is 1.90 bits per heavy atom. The van der Waals surface area contributed by atoms with Gasteiger partial charge in [-0.05, 0) is 56.0 Å². The molecule has 4 heterocycles. The highest BCUT2D eigenvalue weighted by Gasteiger charge is 2.29. The van der Waals surface area contributed by atoms with E-state index in [9.17, 15) is 4.79 Å². The van der Waals surface area contributed by atoms with E-state index in [1.54, 1.807) is 0 Å². The molecule has 0 spiro atoms. The number of aromatic nitrogens is 3. The molecule has 0 bridgehead atoms. The van der Waals surface area contributed by atoms with Crippen molar-refractivity contribution < 1.29 is 4.79 Å². The number of nitrogens with zero attached hydrogens (tertiary/aromatic N) is 5. The lowest BCUT2D eigenvalue weighted by Gasteiger charge is -2.35. The van der Waals surface area contributed by atoms with Crippen LogP contribution in [0.3, 0.4) is 0 Å². The van der Waals surface area contributed by atoms with Gasteiger partial charge in [0.2, 0.25) is 5.91 Å². The average molecular weight is 525 g/mol. The number of carbonyl (C=O) groups is 1. The number of para-hydroxylation sites is 1. The van der Waals surface area contributed by atoms with Crippen molar-refractivity contribution in [3.63, 3.8) is 0 Å². The van der Waals surface area contributed by atoms with Crippen LogP contribution in [0.2, 0.25) is 0 Å². The number of hydrogen-bond acceptors (Lipinski definition) is 5. The van der Waals surface area contributed by atoms with Gasteiger partial charge in [0.15, 0.2) is 0 Å². The molecule has 3 aromatic heterocycles. The van der Waals surface area contributed by atoms with E-state index < -0.39 is 0 Å². The van der Waals surface area contributed by atoms with Gasteiger partial charge in [0.25, 0.3) is 0 Å². The molecule has 4 aromatic rings. The van der Waals surface area contributed by atoms with E-state index in [2.05, 4.69) is 64.2 Å². The van der Waals surface area contributed by atoms with E-state index in [1.807, 2.05) is 17.3 Å². The van der Waals surface area contributed by atoms with Crippen LogP contribution in [0.5, 0.6) is 0 Å². The Bertz CT molecular complexity index is 1440. The molecular formula is C32H40N6O. The van der Waals surface area contributed by atoms with Gasteiger partial charge in [-0.3, -0.25) is 19.7 Å². The molecule has 1 fully saturated rings. The zero-order valence-corrected chi connectivity index (χ0v) is 23.1. The number of amides is 1. The largest absolute Gasteiger partial charge is 0.339 e. The molecule has 204 valence electrons. The fraction of sp³-hybridized carbons (Fsp3) is 0.469. The van der Waals surface area contributed by atoms with Crippen LogP contribution >= 0.6 is 0 Å². The zero-order valence-electron chi connectivity index (χ0n) is 23.1. The monoisotopic (exact) mass is 524 g/mol. The minimum atomic E-state index is 0.180. The Hall–Kier alpha value is -3.29. The molecule has 39 heavy (non-hydrogen) atoms. The Morgan fingerprint density at radius 1 is 1.03 bits per heavy atom. The second-order valence-electron chi connectivity index (χ2n) is 11.0. The number of hydrogen-bond donors (Lipinski definition) is 1. The summed E-state index contributed by atoms with van der Waals surface area (Å²) in [5, 5.41) is 5.72. The van der Waals surface area contributed by atoms with Gasteiger partial charge in [0.1, 0.15) is 6.54 Å². The summed E-state index contributed by atoms with van der Waals surface area (Å²) in [5.74, 6) is 0.180. The van der Waals surface area contributed by atoms with Crippen molar-refractivity contribution >= 4 is 27.7 Å². The third-order valence-corrected chi connectivity index (χ3v) is 8.53. The molecule has 7 nitrogen and oxygen atoms in total. The standard InChI is InChI=1S/C32H40N6O/c1-2-3-6-19-37(29-13-7-9-24-10-8-15-35-31(24)29)22-27-32-26(14-16-34-27)25-11-4-5-12-28(25)38(32)23-30(39)36-20-17-33-18-21-36/h4-5,8,10-12,14-16,29,33H,2-3,6-7,9,13,17-23H2,1H3. The van der Waals surface area contributed by atoms with Crippen LogP contribution < -0.4 is 5.32 Å². The summed E-state index contributed by atoms with van der Waals surface area (Å²) in [7, 11) is 0. The Kier molecular flexibility index (Phi) is 7.88. The summed E-state index contributed by atoms with van der Waals surface area (Å²) in [6.07, 6.45) is 10.9. The van der Waals surface area contributed by atoms with Crippen LogP contribution in [0.15, 0.2) is 54.9 Å². The van der Waals surface area contributed by atoms with E-state index in [0.29, 0.717) is 12.6 Å². The van der Waals surface area contributed by atoms with Crippen molar-refractivity contribution in [2.24, 2.45) is 0 Å². The van der Waals surface area contributed by atoms with Gasteiger partial charge in [0.05, 0.1) is 22.9 Å². The van der Waals surface area contributed by atoms with Crippen LogP contribution in [-0.2, 0) is 24.3 Å². The number of fused-ring (bicyclic) bond motifs is 4. The van der Waals surface area contributed by atoms with E-state index in [-0.39, 0.29) is 5.91 Å². The van der Waals surface area contributed by atoms with Gasteiger partial charge in [-0.25, -0.2) is 0 Å². The average Bonchev–Trinajstić information content (AvgIpc) is 3.31. The van der Waals surface area contributed by atoms with Gasteiger partial charge in [0, 0.05) is 61.4 Å². The second kappa shape index (κ2) is 11.8. The van der Waals surface area contributed by atoms with Crippen molar-refractivity contribution in [1.29, 1.82) is 0 Å². The van der Waals surface area contributed by atoms with Crippen LogP contribution in [0.4, 0.5) is 0 Å². The predicted octanol–water partition coefficient (Wildman–Crippen LogP) is 5.09. The van der Waals surface area contributed by atoms with Gasteiger partial charge < -0.3 is 14.8 Å². The van der Waals surface area contributed by atoms with E-state index >= 15 is 0 Å². The number of unbranched alkanes of at least 4 members (excludes halogenated alkanes) is 2. The lowest BCUT2D eigenvalue weighted by Crippen LogP contribution is -2.47. The topological polar surface area (TPSA) is 66.3 Å². The molecule has 2 aliphatic rings. The van der Waals surface area contributed by atoms with Crippen molar-refractivity contribution in [3.05, 3.63) is 71.8 Å². The molecule has 7 heteroatoms. The molecule has 0 saturated carbocycles. The van der Waals surface area contributed by atoms with Crippen LogP contribution in [0.1, 0.15) is 62.0 Å². The van der Waals surface area contributed by atoms with Crippen molar-refractivity contribution in [2.75, 3.05) is 32.7 Å². The molecule has 1 aliphatic heterocycles. The van der Waals surface area contributed by atoms with Crippen LogP contribution in [0.25, 0.3) is 21.8 Å². The second-order valence-corrected chi connectivity index (χ2v) is 11.0. The van der Waals surface area contributed by atoms with E-state index in [4.69, 9.17) is 9.97 Å². The van der Waals surface area contributed by atoms with Gasteiger partial charge in [-0.1, -0.05) is 44.0 Å². The number of nitrogens with one attached hydrogen (secondary N) is 1. The van der Waals surface area contributed by atoms with Crippen molar-refractivity contribution in [3.8, 4) is 0 Å². The molecular weight excluding hydrogens is 484 g/mol. The molecule has 1 aliphatic carbocycles. The normalized spacial score (nSPS) is 17.7. The number of aryl methyl sites for hydroxylation is 1. The minimum Gasteiger partial charge on any atom is -0.339 e. The lowest BCUT2D eigenvalue weighted by molar-refractivity contribution is -0.132. The number of pyridine rings is 2. The first-order valence-corrected chi connectivity index (χ1v) is 14.8. The third-order valence-electron chi connectivity index (χ3n) is 8.53. The van der Waals surface area contributed by atoms with Crippen LogP contribution in [-0.4, -0.2) is 63.0 Å². The lowest BCUT2D eigenvalue weighted by atomic mass is 9.90. The molecule has 1 atom stereocenters. The number of piperazine rings is 1. The number of carbonyl (C=O) groups excluding carboxylic acids is 1.